The minimum atomic E-state index is -3.58. The Morgan fingerprint density at radius 2 is 2.10 bits per heavy atom. The Hall–Kier alpha value is -1.50. The lowest BCUT2D eigenvalue weighted by Crippen LogP contribution is -2.26. The Kier molecular flexibility index (Phi) is 5.27. The predicted octanol–water partition coefficient (Wildman–Crippen LogP) is 2.86. The van der Waals surface area contributed by atoms with Crippen LogP contribution in [-0.2, 0) is 16.4 Å². The molecule has 1 aromatic heterocycles. The van der Waals surface area contributed by atoms with Crippen molar-refractivity contribution in [3.05, 3.63) is 52.2 Å². The quantitative estimate of drug-likeness (QED) is 0.797. The number of hydrogen-bond acceptors (Lipinski definition) is 4. The largest absolute Gasteiger partial charge is 0.294 e. The zero-order chi connectivity index (χ0) is 15.3. The van der Waals surface area contributed by atoms with Crippen molar-refractivity contribution in [2.24, 2.45) is 0 Å². The van der Waals surface area contributed by atoms with Gasteiger partial charge in [-0.15, -0.1) is 0 Å². The minimum Gasteiger partial charge on any atom is -0.294 e. The van der Waals surface area contributed by atoms with Crippen molar-refractivity contribution in [1.82, 2.24) is 4.72 Å². The number of nitrogens with one attached hydrogen (secondary N) is 1. The van der Waals surface area contributed by atoms with Crippen molar-refractivity contribution in [2.75, 3.05) is 6.54 Å². The number of carbonyl (C=O) groups excluding carboxylic acids is 1. The van der Waals surface area contributed by atoms with Crippen molar-refractivity contribution < 1.29 is 13.2 Å². The first-order valence-corrected chi connectivity index (χ1v) is 9.09. The number of ketones is 1. The van der Waals surface area contributed by atoms with Gasteiger partial charge in [-0.3, -0.25) is 4.79 Å². The molecule has 1 heterocycles. The van der Waals surface area contributed by atoms with Gasteiger partial charge in [0.1, 0.15) is 0 Å². The summed E-state index contributed by atoms with van der Waals surface area (Å²) in [6.45, 7) is 2.09. The first-order valence-electron chi connectivity index (χ1n) is 6.67. The summed E-state index contributed by atoms with van der Waals surface area (Å²) in [6.07, 6.45) is 1.01. The molecule has 0 aliphatic heterocycles. The SMILES string of the molecule is CCC(=O)c1cccc(S(=O)(=O)NCCc2ccsc2)c1. The number of carbonyl (C=O) groups is 1. The second-order valence-corrected chi connectivity index (χ2v) is 7.13. The van der Waals surface area contributed by atoms with E-state index in [-0.39, 0.29) is 10.7 Å². The van der Waals surface area contributed by atoms with E-state index in [1.165, 1.54) is 12.1 Å². The number of hydrogen-bond donors (Lipinski definition) is 1. The first kappa shape index (κ1) is 15.9. The second kappa shape index (κ2) is 6.98. The molecule has 0 spiro atoms. The molecule has 0 bridgehead atoms. The van der Waals surface area contributed by atoms with E-state index < -0.39 is 10.0 Å². The average molecular weight is 323 g/mol. The van der Waals surface area contributed by atoms with Gasteiger partial charge >= 0.3 is 0 Å². The molecule has 0 aliphatic rings. The van der Waals surface area contributed by atoms with Gasteiger partial charge in [-0.1, -0.05) is 19.1 Å². The van der Waals surface area contributed by atoms with Crippen LogP contribution in [0.1, 0.15) is 29.3 Å². The molecule has 112 valence electrons. The fourth-order valence-corrected chi connectivity index (χ4v) is 3.67. The van der Waals surface area contributed by atoms with Crippen LogP contribution in [0.2, 0.25) is 0 Å². The van der Waals surface area contributed by atoms with E-state index >= 15 is 0 Å². The summed E-state index contributed by atoms with van der Waals surface area (Å²) in [6, 6.07) is 8.13. The van der Waals surface area contributed by atoms with E-state index in [1.807, 2.05) is 16.8 Å². The van der Waals surface area contributed by atoms with E-state index in [1.54, 1.807) is 30.4 Å². The van der Waals surface area contributed by atoms with Gasteiger partial charge < -0.3 is 0 Å². The summed E-state index contributed by atoms with van der Waals surface area (Å²) < 4.78 is 27.0. The van der Waals surface area contributed by atoms with E-state index in [2.05, 4.69) is 4.72 Å². The zero-order valence-electron chi connectivity index (χ0n) is 11.7. The van der Waals surface area contributed by atoms with Crippen molar-refractivity contribution in [1.29, 1.82) is 0 Å². The van der Waals surface area contributed by atoms with Crippen LogP contribution in [0, 0.1) is 0 Å². The number of thiophene rings is 1. The highest BCUT2D eigenvalue weighted by Gasteiger charge is 2.15. The van der Waals surface area contributed by atoms with Crippen LogP contribution >= 0.6 is 11.3 Å². The predicted molar refractivity (Wildman–Crippen MR) is 84.3 cm³/mol. The molecule has 1 aromatic carbocycles. The average Bonchev–Trinajstić information content (AvgIpc) is 2.99. The monoisotopic (exact) mass is 323 g/mol. The molecule has 0 saturated carbocycles. The van der Waals surface area contributed by atoms with Gasteiger partial charge in [0.05, 0.1) is 4.90 Å². The molecule has 2 aromatic rings. The third kappa shape index (κ3) is 4.23. The molecule has 0 amide bonds. The second-order valence-electron chi connectivity index (χ2n) is 4.58. The Labute approximate surface area is 128 Å². The third-order valence-corrected chi connectivity index (χ3v) is 5.26. The van der Waals surface area contributed by atoms with E-state index in [0.29, 0.717) is 24.9 Å². The normalized spacial score (nSPS) is 11.5. The Bertz CT molecular complexity index is 706. The van der Waals surface area contributed by atoms with E-state index in [9.17, 15) is 13.2 Å². The Balaban J connectivity index is 2.06. The molecule has 0 fully saturated rings. The van der Waals surface area contributed by atoms with Crippen LogP contribution in [0.4, 0.5) is 0 Å². The highest BCUT2D eigenvalue weighted by atomic mass is 32.2. The standard InChI is InChI=1S/C15H17NO3S2/c1-2-15(17)13-4-3-5-14(10-13)21(18,19)16-8-6-12-7-9-20-11-12/h3-5,7,9-11,16H,2,6,8H2,1H3. The van der Waals surface area contributed by atoms with Gasteiger partial charge in [-0.05, 0) is 40.9 Å². The van der Waals surface area contributed by atoms with Crippen LogP contribution in [-0.4, -0.2) is 20.7 Å². The zero-order valence-corrected chi connectivity index (χ0v) is 13.3. The topological polar surface area (TPSA) is 63.2 Å². The summed E-state index contributed by atoms with van der Waals surface area (Å²) in [5.41, 5.74) is 1.54. The molecule has 21 heavy (non-hydrogen) atoms. The van der Waals surface area contributed by atoms with Crippen molar-refractivity contribution in [3.8, 4) is 0 Å². The van der Waals surface area contributed by atoms with Crippen molar-refractivity contribution in [3.63, 3.8) is 0 Å². The lowest BCUT2D eigenvalue weighted by atomic mass is 10.1. The van der Waals surface area contributed by atoms with Gasteiger partial charge in [0.15, 0.2) is 5.78 Å². The highest BCUT2D eigenvalue weighted by molar-refractivity contribution is 7.89. The lowest BCUT2D eigenvalue weighted by molar-refractivity contribution is 0.0988. The van der Waals surface area contributed by atoms with Crippen LogP contribution in [0.5, 0.6) is 0 Å². The summed E-state index contributed by atoms with van der Waals surface area (Å²) in [4.78, 5) is 11.8. The molecule has 4 nitrogen and oxygen atoms in total. The number of benzene rings is 1. The molecule has 0 saturated heterocycles. The van der Waals surface area contributed by atoms with Gasteiger partial charge in [0.25, 0.3) is 0 Å². The first-order chi connectivity index (χ1) is 10.0. The maximum absolute atomic E-state index is 12.2. The number of Topliss-reactive ketones (excluding diaryl/α,β-unsaturated/α-hetero) is 1. The number of sulfonamides is 1. The summed E-state index contributed by atoms with van der Waals surface area (Å²) in [7, 11) is -3.58. The van der Waals surface area contributed by atoms with Crippen LogP contribution < -0.4 is 4.72 Å². The molecule has 0 radical (unpaired) electrons. The highest BCUT2D eigenvalue weighted by Crippen LogP contribution is 2.13. The molecular weight excluding hydrogens is 306 g/mol. The molecular formula is C15H17NO3S2. The van der Waals surface area contributed by atoms with Crippen LogP contribution in [0.25, 0.3) is 0 Å². The summed E-state index contributed by atoms with van der Waals surface area (Å²) in [5, 5.41) is 3.96. The number of rotatable bonds is 7. The van der Waals surface area contributed by atoms with Crippen molar-refractivity contribution in [2.45, 2.75) is 24.7 Å². The lowest BCUT2D eigenvalue weighted by Gasteiger charge is -2.07. The van der Waals surface area contributed by atoms with Crippen LogP contribution in [0.3, 0.4) is 0 Å². The maximum atomic E-state index is 12.2. The molecule has 6 heteroatoms. The van der Waals surface area contributed by atoms with Crippen LogP contribution in [0.15, 0.2) is 46.0 Å². The Morgan fingerprint density at radius 1 is 1.29 bits per heavy atom. The smallest absolute Gasteiger partial charge is 0.240 e. The molecule has 1 N–H and O–H groups in total. The fourth-order valence-electron chi connectivity index (χ4n) is 1.89. The molecule has 2 rings (SSSR count). The third-order valence-electron chi connectivity index (χ3n) is 3.07. The Morgan fingerprint density at radius 3 is 2.76 bits per heavy atom. The molecule has 0 atom stereocenters. The molecule has 0 aliphatic carbocycles. The molecule has 0 unspecified atom stereocenters. The summed E-state index contributed by atoms with van der Waals surface area (Å²) >= 11 is 1.59. The summed E-state index contributed by atoms with van der Waals surface area (Å²) in [5.74, 6) is -0.0645. The minimum absolute atomic E-state index is 0.0645. The van der Waals surface area contributed by atoms with Crippen molar-refractivity contribution >= 4 is 27.1 Å². The van der Waals surface area contributed by atoms with Gasteiger partial charge in [-0.2, -0.15) is 11.3 Å². The van der Waals surface area contributed by atoms with Gasteiger partial charge in [0.2, 0.25) is 10.0 Å². The van der Waals surface area contributed by atoms with Gasteiger partial charge in [0, 0.05) is 18.5 Å². The van der Waals surface area contributed by atoms with E-state index in [4.69, 9.17) is 0 Å². The maximum Gasteiger partial charge on any atom is 0.240 e. The fraction of sp³-hybridized carbons (Fsp3) is 0.267. The van der Waals surface area contributed by atoms with Gasteiger partial charge in [-0.25, -0.2) is 13.1 Å². The van der Waals surface area contributed by atoms with E-state index in [0.717, 1.165) is 5.56 Å².